The highest BCUT2D eigenvalue weighted by Crippen LogP contribution is 2.43. The van der Waals surface area contributed by atoms with Crippen LogP contribution in [-0.2, 0) is 36.5 Å². The molecule has 0 radical (unpaired) electrons. The first-order valence-corrected chi connectivity index (χ1v) is 10.2. The van der Waals surface area contributed by atoms with Crippen LogP contribution in [0, 0.1) is 17.8 Å². The van der Waals surface area contributed by atoms with Crippen LogP contribution in [0.3, 0.4) is 0 Å². The number of carbonyl (C=O) groups is 2. The summed E-state index contributed by atoms with van der Waals surface area (Å²) in [7, 11) is 0. The fraction of sp³-hybridized carbons (Fsp3) is 0.857. The van der Waals surface area contributed by atoms with E-state index in [0.29, 0.717) is 38.6 Å². The highest BCUT2D eigenvalue weighted by Gasteiger charge is 2.42. The summed E-state index contributed by atoms with van der Waals surface area (Å²) in [4.78, 5) is 22.0. The van der Waals surface area contributed by atoms with E-state index in [1.165, 1.54) is 0 Å². The van der Waals surface area contributed by atoms with Crippen LogP contribution in [0.2, 0.25) is 0 Å². The molecule has 8 unspecified atom stereocenters. The molecule has 0 bridgehead atoms. The molecule has 0 aliphatic heterocycles. The third kappa shape index (κ3) is 4.84. The Morgan fingerprint density at radius 2 is 1.46 bits per heavy atom. The summed E-state index contributed by atoms with van der Waals surface area (Å²) in [6, 6.07) is 0. The Hall–Kier alpha value is -0.840. The van der Waals surface area contributed by atoms with Gasteiger partial charge in [0.15, 0.2) is 22.2 Å². The fourth-order valence-electron chi connectivity index (χ4n) is 4.06. The smallest absolute Gasteiger partial charge is 0.306 e. The number of hydrogen-bond donors (Lipinski definition) is 3. The largest absolute Gasteiger partial charge is 0.481 e. The molecular weight excluding hydrogens is 360 g/mol. The summed E-state index contributed by atoms with van der Waals surface area (Å²) >= 11 is -4.16. The van der Waals surface area contributed by atoms with E-state index in [1.54, 1.807) is 0 Å². The predicted octanol–water partition coefficient (Wildman–Crippen LogP) is 1.01. The number of ether oxygens (including phenoxy) is 1. The van der Waals surface area contributed by atoms with Crippen LogP contribution >= 0.6 is 0 Å². The molecule has 138 valence electrons. The van der Waals surface area contributed by atoms with E-state index in [-0.39, 0.29) is 18.3 Å². The van der Waals surface area contributed by atoms with E-state index in [2.05, 4.69) is 0 Å². The van der Waals surface area contributed by atoms with Crippen LogP contribution in [0.25, 0.3) is 0 Å². The van der Waals surface area contributed by atoms with E-state index in [0.717, 1.165) is 0 Å². The molecule has 3 N–H and O–H groups in total. The van der Waals surface area contributed by atoms with E-state index < -0.39 is 50.7 Å². The number of carboxylic acids is 1. The summed E-state index contributed by atoms with van der Waals surface area (Å²) in [5.41, 5.74) is 0. The highest BCUT2D eigenvalue weighted by atomic mass is 32.2. The molecule has 0 heterocycles. The van der Waals surface area contributed by atoms with Crippen molar-refractivity contribution in [2.45, 2.75) is 55.1 Å². The monoisotopic (exact) mass is 382 g/mol. The molecule has 0 spiro atoms. The molecule has 0 aromatic rings. The molecule has 0 aromatic carbocycles. The first-order valence-electron chi connectivity index (χ1n) is 7.83. The molecule has 24 heavy (non-hydrogen) atoms. The topological polar surface area (TPSA) is 138 Å². The Labute approximate surface area is 144 Å². The second-order valence-corrected chi connectivity index (χ2v) is 9.06. The maximum absolute atomic E-state index is 11.5. The van der Waals surface area contributed by atoms with Gasteiger partial charge in [-0.25, -0.2) is 8.42 Å². The molecule has 2 saturated carbocycles. The Morgan fingerprint density at radius 3 is 1.96 bits per heavy atom. The van der Waals surface area contributed by atoms with Crippen molar-refractivity contribution < 1.29 is 37.0 Å². The third-order valence-electron chi connectivity index (χ3n) is 5.19. The van der Waals surface area contributed by atoms with E-state index in [1.807, 2.05) is 0 Å². The van der Waals surface area contributed by atoms with Crippen molar-refractivity contribution in [1.29, 1.82) is 0 Å². The minimum absolute atomic E-state index is 0.113. The summed E-state index contributed by atoms with van der Waals surface area (Å²) in [6.07, 6.45) is 1.64. The lowest BCUT2D eigenvalue weighted by Crippen LogP contribution is -2.41. The molecule has 0 aromatic heterocycles. The number of rotatable bonds is 6. The Balaban J connectivity index is 2.16. The zero-order valence-corrected chi connectivity index (χ0v) is 14.6. The molecule has 0 saturated heterocycles. The van der Waals surface area contributed by atoms with E-state index in [4.69, 9.17) is 4.74 Å². The molecule has 2 aliphatic carbocycles. The van der Waals surface area contributed by atoms with Gasteiger partial charge >= 0.3 is 5.97 Å². The summed E-state index contributed by atoms with van der Waals surface area (Å²) < 4.78 is 46.7. The summed E-state index contributed by atoms with van der Waals surface area (Å²) in [6.45, 7) is 0.316. The van der Waals surface area contributed by atoms with Crippen LogP contribution in [-0.4, -0.2) is 51.7 Å². The third-order valence-corrected chi connectivity index (χ3v) is 7.10. The number of aliphatic carboxylic acids is 1. The molecule has 2 rings (SSSR count). The maximum atomic E-state index is 11.5. The first-order chi connectivity index (χ1) is 11.3. The van der Waals surface area contributed by atoms with Crippen molar-refractivity contribution >= 4 is 34.6 Å². The van der Waals surface area contributed by atoms with Gasteiger partial charge in [-0.15, -0.1) is 0 Å². The zero-order valence-electron chi connectivity index (χ0n) is 13.0. The average molecular weight is 382 g/mol. The van der Waals surface area contributed by atoms with Crippen molar-refractivity contribution in [3.05, 3.63) is 0 Å². The van der Waals surface area contributed by atoms with Crippen molar-refractivity contribution in [2.75, 3.05) is 0 Å². The molecule has 8 atom stereocenters. The molecular formula is C14H22O8S2. The van der Waals surface area contributed by atoms with Gasteiger partial charge in [0.1, 0.15) is 6.10 Å². The standard InChI is InChI=1S/C14H22O8S2/c15-7-22-11-2-9(4-13(6-11)24(20)21)8-1-10(14(16)17)5-12(3-8)23(18)19/h7-13H,1-6H2,(H,16,17)(H,18,19)(H,20,21). The minimum Gasteiger partial charge on any atom is -0.481 e. The number of carboxylic acid groups (broad SMARTS) is 1. The van der Waals surface area contributed by atoms with Crippen molar-refractivity contribution in [1.82, 2.24) is 0 Å². The normalized spacial score (nSPS) is 39.6. The zero-order chi connectivity index (χ0) is 17.9. The number of hydrogen-bond acceptors (Lipinski definition) is 5. The van der Waals surface area contributed by atoms with Crippen molar-refractivity contribution in [3.8, 4) is 0 Å². The lowest BCUT2D eigenvalue weighted by molar-refractivity contribution is -0.143. The Bertz CT molecular complexity index is 503. The van der Waals surface area contributed by atoms with Crippen LogP contribution < -0.4 is 0 Å². The van der Waals surface area contributed by atoms with Gasteiger partial charge in [-0.05, 0) is 43.9 Å². The summed E-state index contributed by atoms with van der Waals surface area (Å²) in [5, 5.41) is 8.13. The molecule has 10 heteroatoms. The van der Waals surface area contributed by atoms with Crippen LogP contribution in [0.5, 0.6) is 0 Å². The lowest BCUT2D eigenvalue weighted by atomic mass is 9.69. The van der Waals surface area contributed by atoms with Crippen LogP contribution in [0.4, 0.5) is 0 Å². The van der Waals surface area contributed by atoms with Gasteiger partial charge in [0, 0.05) is 6.42 Å². The van der Waals surface area contributed by atoms with Gasteiger partial charge in [0.25, 0.3) is 6.47 Å². The quantitative estimate of drug-likeness (QED) is 0.457. The maximum Gasteiger partial charge on any atom is 0.306 e. The molecule has 8 nitrogen and oxygen atoms in total. The number of carbonyl (C=O) groups excluding carboxylic acids is 1. The predicted molar refractivity (Wildman–Crippen MR) is 85.9 cm³/mol. The van der Waals surface area contributed by atoms with Gasteiger partial charge in [-0.2, -0.15) is 0 Å². The van der Waals surface area contributed by atoms with Crippen molar-refractivity contribution in [2.24, 2.45) is 17.8 Å². The van der Waals surface area contributed by atoms with Crippen molar-refractivity contribution in [3.63, 3.8) is 0 Å². The van der Waals surface area contributed by atoms with Crippen LogP contribution in [0.1, 0.15) is 38.5 Å². The first kappa shape index (κ1) is 19.5. The molecule has 2 aliphatic rings. The van der Waals surface area contributed by atoms with Gasteiger partial charge in [-0.1, -0.05) is 0 Å². The Morgan fingerprint density at radius 1 is 0.917 bits per heavy atom. The summed E-state index contributed by atoms with van der Waals surface area (Å²) in [5.74, 6) is -1.95. The van der Waals surface area contributed by atoms with Gasteiger partial charge < -0.3 is 18.9 Å². The minimum atomic E-state index is -2.10. The van der Waals surface area contributed by atoms with Gasteiger partial charge in [0.05, 0.1) is 16.4 Å². The van der Waals surface area contributed by atoms with E-state index >= 15 is 0 Å². The SMILES string of the molecule is O=COC1CC(C2CC(C(=O)O)CC(S(=O)O)C2)CC(S(=O)O)C1. The second kappa shape index (κ2) is 8.50. The van der Waals surface area contributed by atoms with E-state index in [9.17, 15) is 32.2 Å². The highest BCUT2D eigenvalue weighted by molar-refractivity contribution is 7.80. The van der Waals surface area contributed by atoms with Gasteiger partial charge in [-0.3, -0.25) is 9.59 Å². The van der Waals surface area contributed by atoms with Crippen LogP contribution in [0.15, 0.2) is 0 Å². The molecule has 0 amide bonds. The Kier molecular flexibility index (Phi) is 6.90. The van der Waals surface area contributed by atoms with Gasteiger partial charge in [0.2, 0.25) is 0 Å². The second-order valence-electron chi connectivity index (χ2n) is 6.62. The fourth-order valence-corrected chi connectivity index (χ4v) is 5.66. The average Bonchev–Trinajstić information content (AvgIpc) is 2.54. The molecule has 2 fully saturated rings. The lowest BCUT2D eigenvalue weighted by Gasteiger charge is -2.41.